The molecule has 2 fully saturated rings. The molecule has 98 valence electrons. The van der Waals surface area contributed by atoms with E-state index in [9.17, 15) is 4.79 Å². The lowest BCUT2D eigenvalue weighted by Gasteiger charge is -2.34. The molecule has 1 aliphatic heterocycles. The fourth-order valence-corrected chi connectivity index (χ4v) is 3.44. The number of rotatable bonds is 5. The van der Waals surface area contributed by atoms with Gasteiger partial charge in [0.15, 0.2) is 0 Å². The van der Waals surface area contributed by atoms with Crippen LogP contribution in [0.4, 0.5) is 0 Å². The molecule has 1 saturated heterocycles. The third-order valence-corrected chi connectivity index (χ3v) is 4.36. The van der Waals surface area contributed by atoms with Gasteiger partial charge in [0.05, 0.1) is 0 Å². The lowest BCUT2D eigenvalue weighted by Crippen LogP contribution is -2.38. The van der Waals surface area contributed by atoms with Crippen LogP contribution in [0.2, 0.25) is 0 Å². The monoisotopic (exact) mass is 239 g/mol. The van der Waals surface area contributed by atoms with E-state index in [1.807, 2.05) is 0 Å². The van der Waals surface area contributed by atoms with Crippen molar-refractivity contribution >= 4 is 5.97 Å². The van der Waals surface area contributed by atoms with Gasteiger partial charge in [-0.05, 0) is 50.5 Å². The Bertz CT molecular complexity index is 249. The first kappa shape index (κ1) is 12.9. The molecule has 3 nitrogen and oxygen atoms in total. The molecular formula is C14H25NO2. The van der Waals surface area contributed by atoms with Crippen LogP contribution in [0.3, 0.4) is 0 Å². The van der Waals surface area contributed by atoms with Gasteiger partial charge >= 0.3 is 5.97 Å². The highest BCUT2D eigenvalue weighted by Crippen LogP contribution is 2.28. The fourth-order valence-electron chi connectivity index (χ4n) is 3.44. The first-order valence-corrected chi connectivity index (χ1v) is 7.18. The maximum Gasteiger partial charge on any atom is 0.303 e. The number of nitrogens with zero attached hydrogens (tertiary/aromatic N) is 1. The van der Waals surface area contributed by atoms with Crippen molar-refractivity contribution in [3.8, 4) is 0 Å². The molecule has 0 radical (unpaired) electrons. The first-order chi connectivity index (χ1) is 8.24. The first-order valence-electron chi connectivity index (χ1n) is 7.18. The van der Waals surface area contributed by atoms with Crippen molar-refractivity contribution in [1.29, 1.82) is 0 Å². The summed E-state index contributed by atoms with van der Waals surface area (Å²) in [6.45, 7) is 3.65. The maximum atomic E-state index is 10.6. The van der Waals surface area contributed by atoms with Crippen LogP contribution < -0.4 is 0 Å². The number of likely N-dealkylation sites (tertiary alicyclic amines) is 1. The van der Waals surface area contributed by atoms with Gasteiger partial charge in [-0.1, -0.05) is 12.8 Å². The number of hydrogen-bond donors (Lipinski definition) is 1. The highest BCUT2D eigenvalue weighted by Gasteiger charge is 2.24. The zero-order chi connectivity index (χ0) is 12.1. The molecule has 1 atom stereocenters. The van der Waals surface area contributed by atoms with Crippen molar-refractivity contribution in [3.63, 3.8) is 0 Å². The second kappa shape index (κ2) is 6.39. The predicted molar refractivity (Wildman–Crippen MR) is 68.0 cm³/mol. The fraction of sp³-hybridized carbons (Fsp3) is 0.929. The molecule has 1 saturated carbocycles. The third kappa shape index (κ3) is 4.30. The summed E-state index contributed by atoms with van der Waals surface area (Å²) >= 11 is 0. The van der Waals surface area contributed by atoms with Gasteiger partial charge in [-0.2, -0.15) is 0 Å². The summed E-state index contributed by atoms with van der Waals surface area (Å²) in [4.78, 5) is 13.2. The molecule has 0 spiro atoms. The summed E-state index contributed by atoms with van der Waals surface area (Å²) in [6.07, 6.45) is 9.37. The van der Waals surface area contributed by atoms with Crippen molar-refractivity contribution in [2.75, 3.05) is 19.6 Å². The molecule has 0 aromatic rings. The van der Waals surface area contributed by atoms with Crippen molar-refractivity contribution in [2.45, 2.75) is 51.4 Å². The van der Waals surface area contributed by atoms with E-state index >= 15 is 0 Å². The highest BCUT2D eigenvalue weighted by atomic mass is 16.4. The van der Waals surface area contributed by atoms with Crippen LogP contribution in [0.5, 0.6) is 0 Å². The molecule has 0 aromatic heterocycles. The third-order valence-electron chi connectivity index (χ3n) is 4.36. The number of carboxylic acid groups (broad SMARTS) is 1. The molecule has 2 rings (SSSR count). The minimum Gasteiger partial charge on any atom is -0.481 e. The minimum absolute atomic E-state index is 0.349. The SMILES string of the molecule is O=C(O)CCC1CCCN(CC2CCCC2)C1. The largest absolute Gasteiger partial charge is 0.481 e. The Morgan fingerprint density at radius 3 is 2.53 bits per heavy atom. The van der Waals surface area contributed by atoms with E-state index in [0.717, 1.165) is 18.9 Å². The molecule has 0 bridgehead atoms. The summed E-state index contributed by atoms with van der Waals surface area (Å²) < 4.78 is 0. The maximum absolute atomic E-state index is 10.6. The zero-order valence-corrected chi connectivity index (χ0v) is 10.7. The van der Waals surface area contributed by atoms with E-state index in [4.69, 9.17) is 5.11 Å². The summed E-state index contributed by atoms with van der Waals surface area (Å²) in [5.41, 5.74) is 0. The van der Waals surface area contributed by atoms with Gasteiger partial charge in [0.2, 0.25) is 0 Å². The number of piperidine rings is 1. The molecule has 0 amide bonds. The standard InChI is InChI=1S/C14H25NO2/c16-14(17)8-7-13-6-3-9-15(11-13)10-12-4-1-2-5-12/h12-13H,1-11H2,(H,16,17). The molecular weight excluding hydrogens is 214 g/mol. The van der Waals surface area contributed by atoms with Crippen LogP contribution >= 0.6 is 0 Å². The Kier molecular flexibility index (Phi) is 4.84. The number of hydrogen-bond acceptors (Lipinski definition) is 2. The van der Waals surface area contributed by atoms with Crippen LogP contribution in [0.1, 0.15) is 51.4 Å². The van der Waals surface area contributed by atoms with Crippen molar-refractivity contribution in [1.82, 2.24) is 4.90 Å². The Hall–Kier alpha value is -0.570. The normalized spacial score (nSPS) is 27.4. The van der Waals surface area contributed by atoms with E-state index < -0.39 is 5.97 Å². The Balaban J connectivity index is 1.70. The molecule has 2 aliphatic rings. The average Bonchev–Trinajstić information content (AvgIpc) is 2.80. The minimum atomic E-state index is -0.641. The van der Waals surface area contributed by atoms with E-state index in [1.165, 1.54) is 51.6 Å². The van der Waals surface area contributed by atoms with Gasteiger partial charge in [0, 0.05) is 19.5 Å². The van der Waals surface area contributed by atoms with Crippen molar-refractivity contribution in [3.05, 3.63) is 0 Å². The molecule has 1 unspecified atom stereocenters. The topological polar surface area (TPSA) is 40.5 Å². The van der Waals surface area contributed by atoms with Crippen LogP contribution in [-0.4, -0.2) is 35.6 Å². The molecule has 1 heterocycles. The number of carboxylic acids is 1. The Morgan fingerprint density at radius 2 is 1.82 bits per heavy atom. The van der Waals surface area contributed by atoms with Crippen LogP contribution in [-0.2, 0) is 4.79 Å². The van der Waals surface area contributed by atoms with Gasteiger partial charge in [0.25, 0.3) is 0 Å². The summed E-state index contributed by atoms with van der Waals surface area (Å²) in [5.74, 6) is 0.910. The summed E-state index contributed by atoms with van der Waals surface area (Å²) in [6, 6.07) is 0. The van der Waals surface area contributed by atoms with Gasteiger partial charge in [-0.15, -0.1) is 0 Å². The molecule has 3 heteroatoms. The number of aliphatic carboxylic acids is 1. The van der Waals surface area contributed by atoms with E-state index in [2.05, 4.69) is 4.90 Å². The Morgan fingerprint density at radius 1 is 1.12 bits per heavy atom. The smallest absolute Gasteiger partial charge is 0.303 e. The van der Waals surface area contributed by atoms with E-state index in [0.29, 0.717) is 12.3 Å². The van der Waals surface area contributed by atoms with Crippen molar-refractivity contribution in [2.24, 2.45) is 11.8 Å². The van der Waals surface area contributed by atoms with E-state index in [1.54, 1.807) is 0 Å². The van der Waals surface area contributed by atoms with Gasteiger partial charge in [-0.25, -0.2) is 0 Å². The molecule has 1 aliphatic carbocycles. The molecule has 17 heavy (non-hydrogen) atoms. The second-order valence-electron chi connectivity index (χ2n) is 5.85. The van der Waals surface area contributed by atoms with E-state index in [-0.39, 0.29) is 0 Å². The highest BCUT2D eigenvalue weighted by molar-refractivity contribution is 5.66. The quantitative estimate of drug-likeness (QED) is 0.802. The van der Waals surface area contributed by atoms with Gasteiger partial charge in [0.1, 0.15) is 0 Å². The molecule has 0 aromatic carbocycles. The van der Waals surface area contributed by atoms with Crippen LogP contribution in [0.15, 0.2) is 0 Å². The average molecular weight is 239 g/mol. The molecule has 1 N–H and O–H groups in total. The Labute approximate surface area is 104 Å². The van der Waals surface area contributed by atoms with Gasteiger partial charge < -0.3 is 10.0 Å². The van der Waals surface area contributed by atoms with Crippen molar-refractivity contribution < 1.29 is 9.90 Å². The lowest BCUT2D eigenvalue weighted by atomic mass is 9.92. The summed E-state index contributed by atoms with van der Waals surface area (Å²) in [5, 5.41) is 8.73. The number of carbonyl (C=O) groups is 1. The van der Waals surface area contributed by atoms with Gasteiger partial charge in [-0.3, -0.25) is 4.79 Å². The predicted octanol–water partition coefficient (Wildman–Crippen LogP) is 2.75. The second-order valence-corrected chi connectivity index (χ2v) is 5.85. The van der Waals surface area contributed by atoms with Crippen LogP contribution in [0, 0.1) is 11.8 Å². The lowest BCUT2D eigenvalue weighted by molar-refractivity contribution is -0.137. The van der Waals surface area contributed by atoms with Crippen LogP contribution in [0.25, 0.3) is 0 Å². The summed E-state index contributed by atoms with van der Waals surface area (Å²) in [7, 11) is 0. The zero-order valence-electron chi connectivity index (χ0n) is 10.7.